The van der Waals surface area contributed by atoms with Crippen molar-refractivity contribution in [2.75, 3.05) is 40.6 Å². The number of esters is 1. The highest BCUT2D eigenvalue weighted by Gasteiger charge is 2.34. The van der Waals surface area contributed by atoms with E-state index in [4.69, 9.17) is 4.74 Å². The molecule has 2 aromatic rings. The molecular formula is C30H39F3N2O4S. The van der Waals surface area contributed by atoms with Crippen LogP contribution >= 0.6 is 0 Å². The average Bonchev–Trinajstić information content (AvgIpc) is 2.89. The van der Waals surface area contributed by atoms with Gasteiger partial charge in [0.2, 0.25) is 0 Å². The minimum Gasteiger partial charge on any atom is -0.464 e. The first-order valence-electron chi connectivity index (χ1n) is 13.2. The van der Waals surface area contributed by atoms with E-state index in [1.807, 2.05) is 38.9 Å². The first-order chi connectivity index (χ1) is 18.7. The lowest BCUT2D eigenvalue weighted by atomic mass is 9.85. The molecule has 0 aliphatic carbocycles. The van der Waals surface area contributed by atoms with Crippen LogP contribution in [0.5, 0.6) is 0 Å². The zero-order valence-electron chi connectivity index (χ0n) is 24.0. The molecule has 1 unspecified atom stereocenters. The highest BCUT2D eigenvalue weighted by Crippen LogP contribution is 2.34. The second-order valence-electron chi connectivity index (χ2n) is 9.90. The number of allylic oxidation sites excluding steroid dienone is 2. The van der Waals surface area contributed by atoms with Crippen molar-refractivity contribution in [2.45, 2.75) is 50.6 Å². The van der Waals surface area contributed by atoms with E-state index in [1.165, 1.54) is 6.26 Å². The molecule has 0 heterocycles. The number of nitrogens with zero attached hydrogens (tertiary/aromatic N) is 2. The van der Waals surface area contributed by atoms with Gasteiger partial charge in [-0.05, 0) is 79.2 Å². The summed E-state index contributed by atoms with van der Waals surface area (Å²) in [4.78, 5) is 17.9. The summed E-state index contributed by atoms with van der Waals surface area (Å²) in [5.74, 6) is -0.751. The predicted octanol–water partition coefficient (Wildman–Crippen LogP) is 6.25. The number of ether oxygens (including phenoxy) is 1. The predicted molar refractivity (Wildman–Crippen MR) is 154 cm³/mol. The highest BCUT2D eigenvalue weighted by atomic mass is 32.2. The summed E-state index contributed by atoms with van der Waals surface area (Å²) in [5, 5.41) is 0. The monoisotopic (exact) mass is 580 g/mol. The van der Waals surface area contributed by atoms with Gasteiger partial charge in [0.15, 0.2) is 9.84 Å². The topological polar surface area (TPSA) is 76.0 Å². The Morgan fingerprint density at radius 3 is 2.20 bits per heavy atom. The number of hydrogen-bond acceptors (Lipinski definition) is 6. The SMILES string of the molecule is CCc1ccc(-c2ccc(C(=CC(=NC)C(F)(F)F)C(CC)CCC(=O)OCCN(C)C)cc2)cc1S(C)(=O)=O. The van der Waals surface area contributed by atoms with E-state index in [-0.39, 0.29) is 23.8 Å². The summed E-state index contributed by atoms with van der Waals surface area (Å²) in [5.41, 5.74) is 2.12. The van der Waals surface area contributed by atoms with Gasteiger partial charge in [-0.25, -0.2) is 8.42 Å². The van der Waals surface area contributed by atoms with Crippen molar-refractivity contribution in [3.8, 4) is 11.1 Å². The van der Waals surface area contributed by atoms with Gasteiger partial charge in [0.1, 0.15) is 12.3 Å². The summed E-state index contributed by atoms with van der Waals surface area (Å²) < 4.78 is 70.9. The smallest absolute Gasteiger partial charge is 0.432 e. The van der Waals surface area contributed by atoms with Gasteiger partial charge in [-0.1, -0.05) is 50.2 Å². The molecular weight excluding hydrogens is 541 g/mol. The molecule has 0 aliphatic rings. The second kappa shape index (κ2) is 14.6. The molecule has 2 aromatic carbocycles. The maximum absolute atomic E-state index is 13.7. The van der Waals surface area contributed by atoms with Crippen molar-refractivity contribution in [2.24, 2.45) is 10.9 Å². The van der Waals surface area contributed by atoms with Crippen LogP contribution in [0, 0.1) is 5.92 Å². The fraction of sp³-hybridized carbons (Fsp3) is 0.467. The van der Waals surface area contributed by atoms with Gasteiger partial charge in [-0.3, -0.25) is 9.79 Å². The van der Waals surface area contributed by atoms with Crippen molar-refractivity contribution in [1.29, 1.82) is 0 Å². The summed E-state index contributed by atoms with van der Waals surface area (Å²) >= 11 is 0. The second-order valence-corrected chi connectivity index (χ2v) is 11.9. The Morgan fingerprint density at radius 1 is 1.07 bits per heavy atom. The number of benzene rings is 2. The quantitative estimate of drug-likeness (QED) is 0.207. The van der Waals surface area contributed by atoms with Gasteiger partial charge >= 0.3 is 12.1 Å². The number of halogens is 3. The minimum atomic E-state index is -4.63. The van der Waals surface area contributed by atoms with Crippen LogP contribution in [-0.2, 0) is 25.8 Å². The van der Waals surface area contributed by atoms with Gasteiger partial charge < -0.3 is 9.64 Å². The molecule has 0 amide bonds. The van der Waals surface area contributed by atoms with Crippen LogP contribution in [-0.4, -0.2) is 71.7 Å². The number of rotatable bonds is 13. The standard InChI is InChI=1S/C30H39F3N2O4S/c1-7-21(15-16-29(36)39-18-17-35(4)5)26(20-28(34-3)30(31,32)33)24-12-10-23(11-13-24)25-14-9-22(8-2)27(19-25)40(6,37)38/h9-14,19-21H,7-8,15-18H2,1-6H3. The van der Waals surface area contributed by atoms with Gasteiger partial charge in [-0.2, -0.15) is 13.2 Å². The molecule has 0 radical (unpaired) electrons. The fourth-order valence-corrected chi connectivity index (χ4v) is 5.40. The summed E-state index contributed by atoms with van der Waals surface area (Å²) in [6.45, 7) is 4.57. The number of aliphatic imine (C=N–C) groups is 1. The first-order valence-corrected chi connectivity index (χ1v) is 15.1. The van der Waals surface area contributed by atoms with Crippen LogP contribution in [0.2, 0.25) is 0 Å². The average molecular weight is 581 g/mol. The number of carbonyl (C=O) groups excluding carboxylic acids is 1. The van der Waals surface area contributed by atoms with E-state index in [0.717, 1.165) is 24.3 Å². The zero-order valence-corrected chi connectivity index (χ0v) is 24.8. The van der Waals surface area contributed by atoms with Gasteiger partial charge in [-0.15, -0.1) is 0 Å². The van der Waals surface area contributed by atoms with Crippen molar-refractivity contribution in [1.82, 2.24) is 4.90 Å². The minimum absolute atomic E-state index is 0.0734. The number of aryl methyl sites for hydroxylation is 1. The van der Waals surface area contributed by atoms with E-state index >= 15 is 0 Å². The van der Waals surface area contributed by atoms with Gasteiger partial charge in [0.05, 0.1) is 4.90 Å². The largest absolute Gasteiger partial charge is 0.464 e. The number of hydrogen-bond donors (Lipinski definition) is 0. The Balaban J connectivity index is 2.44. The molecule has 10 heteroatoms. The van der Waals surface area contributed by atoms with E-state index < -0.39 is 27.7 Å². The molecule has 2 rings (SSSR count). The molecule has 0 bridgehead atoms. The van der Waals surface area contributed by atoms with Crippen LogP contribution in [0.4, 0.5) is 13.2 Å². The Morgan fingerprint density at radius 2 is 1.70 bits per heavy atom. The Labute approximate surface area is 235 Å². The van der Waals surface area contributed by atoms with E-state index in [0.29, 0.717) is 42.5 Å². The zero-order chi connectivity index (χ0) is 30.1. The van der Waals surface area contributed by atoms with Crippen LogP contribution < -0.4 is 0 Å². The summed E-state index contributed by atoms with van der Waals surface area (Å²) in [6.07, 6.45) is -0.950. The lowest BCUT2D eigenvalue weighted by Gasteiger charge is -2.21. The van der Waals surface area contributed by atoms with Crippen molar-refractivity contribution in [3.63, 3.8) is 0 Å². The molecule has 40 heavy (non-hydrogen) atoms. The maximum atomic E-state index is 13.7. The van der Waals surface area contributed by atoms with Crippen LogP contribution in [0.1, 0.15) is 44.2 Å². The molecule has 0 fully saturated rings. The Hall–Kier alpha value is -2.98. The maximum Gasteiger partial charge on any atom is 0.432 e. The van der Waals surface area contributed by atoms with Crippen LogP contribution in [0.25, 0.3) is 16.7 Å². The number of sulfone groups is 1. The molecule has 0 spiro atoms. The molecule has 0 saturated carbocycles. The summed E-state index contributed by atoms with van der Waals surface area (Å²) in [6, 6.07) is 12.2. The lowest BCUT2D eigenvalue weighted by molar-refractivity contribution is -0.144. The van der Waals surface area contributed by atoms with E-state index in [2.05, 4.69) is 4.99 Å². The van der Waals surface area contributed by atoms with E-state index in [9.17, 15) is 26.4 Å². The number of carbonyl (C=O) groups is 1. The lowest BCUT2D eigenvalue weighted by Crippen LogP contribution is -2.22. The molecule has 1 atom stereocenters. The van der Waals surface area contributed by atoms with Crippen molar-refractivity contribution in [3.05, 3.63) is 59.7 Å². The summed E-state index contributed by atoms with van der Waals surface area (Å²) in [7, 11) is 1.39. The van der Waals surface area contributed by atoms with Crippen LogP contribution in [0.3, 0.4) is 0 Å². The Bertz CT molecular complexity index is 1320. The number of likely N-dealkylation sites (N-methyl/N-ethyl adjacent to an activating group) is 1. The van der Waals surface area contributed by atoms with Gasteiger partial charge in [0, 0.05) is 26.3 Å². The van der Waals surface area contributed by atoms with E-state index in [1.54, 1.807) is 36.4 Å². The highest BCUT2D eigenvalue weighted by molar-refractivity contribution is 7.90. The Kier molecular flexibility index (Phi) is 12.1. The van der Waals surface area contributed by atoms with Crippen molar-refractivity contribution < 1.29 is 31.1 Å². The van der Waals surface area contributed by atoms with Crippen LogP contribution in [0.15, 0.2) is 58.4 Å². The third-order valence-electron chi connectivity index (χ3n) is 6.65. The normalized spacial score (nSPS) is 13.9. The molecule has 0 aliphatic heterocycles. The molecule has 0 aromatic heterocycles. The third-order valence-corrected chi connectivity index (χ3v) is 7.83. The molecule has 220 valence electrons. The molecule has 0 saturated heterocycles. The third kappa shape index (κ3) is 9.59. The number of alkyl halides is 3. The van der Waals surface area contributed by atoms with Crippen molar-refractivity contribution >= 4 is 27.1 Å². The van der Waals surface area contributed by atoms with Gasteiger partial charge in [0.25, 0.3) is 0 Å². The first kappa shape index (κ1) is 33.2. The molecule has 0 N–H and O–H groups in total. The molecule has 6 nitrogen and oxygen atoms in total. The fourth-order valence-electron chi connectivity index (χ4n) is 4.37.